The molecule has 0 amide bonds. The normalized spacial score (nSPS) is 15.6. The van der Waals surface area contributed by atoms with E-state index in [1.807, 2.05) is 0 Å². The molecule has 0 N–H and O–H groups in total. The molecule has 3 aliphatic rings. The minimum absolute atomic E-state index is 0.265. The van der Waals surface area contributed by atoms with Crippen molar-refractivity contribution in [3.8, 4) is 0 Å². The molecule has 0 heteroatoms. The number of hydrogen-bond acceptors (Lipinski definition) is 0. The highest BCUT2D eigenvalue weighted by molar-refractivity contribution is 5.86. The van der Waals surface area contributed by atoms with E-state index in [1.165, 1.54) is 162 Å². The van der Waals surface area contributed by atoms with E-state index in [4.69, 9.17) is 0 Å². The lowest BCUT2D eigenvalue weighted by atomic mass is 9.70. The first-order valence-electron chi connectivity index (χ1n) is 35.6. The molecule has 0 radical (unpaired) electrons. The van der Waals surface area contributed by atoms with E-state index < -0.39 is 0 Å². The number of hydrogen-bond donors (Lipinski definition) is 0. The van der Waals surface area contributed by atoms with Gasteiger partial charge in [-0.2, -0.15) is 0 Å². The summed E-state index contributed by atoms with van der Waals surface area (Å²) in [5, 5.41) is 2.74. The van der Waals surface area contributed by atoms with Crippen LogP contribution in [0.25, 0.3) is 10.8 Å². The highest BCUT2D eigenvalue weighted by atomic mass is 14.3. The SMILES string of the molecule is CC(C)(C)C.CC(C)(C)C1CCCC1.CC(C)(C)C1CCCCC1.CC(C)(C)c1ccccc1.CCC(C)(C)C.CCC(C)(C)C1CCCCC1.CCC(C)(C)c1cccc2ccccc12.CCC(C)(C)c1ccccc1.CCC(C)(CC)CC. The molecular formula is C85H152. The van der Waals surface area contributed by atoms with Gasteiger partial charge in [-0.3, -0.25) is 0 Å². The highest BCUT2D eigenvalue weighted by Crippen LogP contribution is 2.41. The van der Waals surface area contributed by atoms with Crippen LogP contribution < -0.4 is 0 Å². The van der Waals surface area contributed by atoms with Gasteiger partial charge in [-0.15, -0.1) is 0 Å². The fraction of sp³-hybridized carbons (Fsp3) is 0.741. The molecule has 0 unspecified atom stereocenters. The third-order valence-electron chi connectivity index (χ3n) is 20.1. The summed E-state index contributed by atoms with van der Waals surface area (Å²) in [7, 11) is 0. The van der Waals surface area contributed by atoms with Crippen LogP contribution in [0.15, 0.2) is 103 Å². The zero-order valence-corrected chi connectivity index (χ0v) is 63.4. The van der Waals surface area contributed by atoms with E-state index in [2.05, 4.69) is 311 Å². The molecule has 0 spiro atoms. The van der Waals surface area contributed by atoms with Gasteiger partial charge in [-0.25, -0.2) is 0 Å². The molecule has 85 heavy (non-hydrogen) atoms. The molecule has 492 valence electrons. The Kier molecular flexibility index (Phi) is 40.3. The minimum Gasteiger partial charge on any atom is -0.0649 e. The van der Waals surface area contributed by atoms with Gasteiger partial charge in [0.05, 0.1) is 0 Å². The molecule has 0 aliphatic heterocycles. The van der Waals surface area contributed by atoms with Gasteiger partial charge in [0, 0.05) is 0 Å². The third-order valence-corrected chi connectivity index (χ3v) is 20.1. The van der Waals surface area contributed by atoms with Crippen LogP contribution in [0.4, 0.5) is 0 Å². The Morgan fingerprint density at radius 2 is 0.624 bits per heavy atom. The van der Waals surface area contributed by atoms with Gasteiger partial charge in [0.2, 0.25) is 0 Å². The lowest BCUT2D eigenvalue weighted by Crippen LogP contribution is -2.25. The van der Waals surface area contributed by atoms with Crippen molar-refractivity contribution in [1.29, 1.82) is 0 Å². The van der Waals surface area contributed by atoms with Crippen molar-refractivity contribution in [2.45, 2.75) is 359 Å². The molecule has 0 nitrogen and oxygen atoms in total. The second-order valence-electron chi connectivity index (χ2n) is 34.5. The number of rotatable bonds is 9. The lowest BCUT2D eigenvalue weighted by molar-refractivity contribution is 0.152. The first-order valence-corrected chi connectivity index (χ1v) is 35.6. The van der Waals surface area contributed by atoms with Gasteiger partial charge >= 0.3 is 0 Å². The lowest BCUT2D eigenvalue weighted by Gasteiger charge is -2.36. The fourth-order valence-electron chi connectivity index (χ4n) is 10.7. The van der Waals surface area contributed by atoms with Crippen LogP contribution in [0.2, 0.25) is 0 Å². The molecule has 4 aromatic carbocycles. The predicted molar refractivity (Wildman–Crippen MR) is 394 cm³/mol. The molecule has 0 saturated heterocycles. The van der Waals surface area contributed by atoms with Crippen molar-refractivity contribution in [1.82, 2.24) is 0 Å². The van der Waals surface area contributed by atoms with Crippen molar-refractivity contribution >= 4 is 10.8 Å². The van der Waals surface area contributed by atoms with Gasteiger partial charge in [-0.05, 0) is 145 Å². The Morgan fingerprint density at radius 3 is 0.906 bits per heavy atom. The smallest absolute Gasteiger partial charge is 0.0100 e. The van der Waals surface area contributed by atoms with Crippen molar-refractivity contribution in [3.63, 3.8) is 0 Å². The van der Waals surface area contributed by atoms with Crippen LogP contribution in [0, 0.1) is 50.2 Å². The summed E-state index contributed by atoms with van der Waals surface area (Å²) in [5.41, 5.74) is 8.61. The van der Waals surface area contributed by atoms with Crippen LogP contribution >= 0.6 is 0 Å². The van der Waals surface area contributed by atoms with Gasteiger partial charge in [0.1, 0.15) is 0 Å². The van der Waals surface area contributed by atoms with Crippen LogP contribution in [0.5, 0.6) is 0 Å². The fourth-order valence-corrected chi connectivity index (χ4v) is 10.7. The van der Waals surface area contributed by atoms with Gasteiger partial charge in [0.15, 0.2) is 0 Å². The Labute approximate surface area is 536 Å². The standard InChI is InChI=1S/C15H18.C11H22.C11H16.C10H20.C10H14.C9H18.C8H18.C6H14.C5H12/c1-4-15(2,3)14-11-7-9-12-8-5-6-10-13(12)14;2*1-4-11(2,3)10-8-6-5-7-9-10;2*1-10(2,3)9-7-5-4-6-8-9;1-9(2,3)8-6-4-5-7-8;1-5-8(4,6-2)7-3;1-5-6(2,3)4;1-5(2,3)4/h5-11H,4H2,1-3H3;10H,4-9H2,1-3H3;5-9H,4H2,1-3H3;9H,4-8H2,1-3H3;4-8H,1-3H3;8H,4-7H2,1-3H3;5-7H2,1-4H3;5H2,1-4H3;1-4H3. The maximum Gasteiger partial charge on any atom is -0.0100 e. The quantitative estimate of drug-likeness (QED) is 0.157. The molecule has 0 heterocycles. The zero-order valence-electron chi connectivity index (χ0n) is 63.4. The van der Waals surface area contributed by atoms with Gasteiger partial charge in [0.25, 0.3) is 0 Å². The monoisotopic (exact) mass is 1170 g/mol. The van der Waals surface area contributed by atoms with Gasteiger partial charge in [-0.1, -0.05) is 394 Å². The largest absolute Gasteiger partial charge is 0.0649 e. The summed E-state index contributed by atoms with van der Waals surface area (Å²) in [6.45, 7) is 68.6. The van der Waals surface area contributed by atoms with Crippen LogP contribution in [0.1, 0.15) is 359 Å². The molecule has 7 rings (SSSR count). The summed E-state index contributed by atoms with van der Waals surface area (Å²) in [6.07, 6.45) is 29.6. The van der Waals surface area contributed by atoms with E-state index in [9.17, 15) is 0 Å². The Balaban J connectivity index is 0. The van der Waals surface area contributed by atoms with Crippen molar-refractivity contribution < 1.29 is 0 Å². The van der Waals surface area contributed by atoms with E-state index >= 15 is 0 Å². The summed E-state index contributed by atoms with van der Waals surface area (Å²) < 4.78 is 0. The summed E-state index contributed by atoms with van der Waals surface area (Å²) in [5.74, 6) is 3.03. The minimum atomic E-state index is 0.265. The molecule has 3 saturated carbocycles. The van der Waals surface area contributed by atoms with Crippen molar-refractivity contribution in [3.05, 3.63) is 120 Å². The Hall–Kier alpha value is -2.86. The van der Waals surface area contributed by atoms with Crippen LogP contribution in [0.3, 0.4) is 0 Å². The zero-order chi connectivity index (χ0) is 66.0. The van der Waals surface area contributed by atoms with Gasteiger partial charge < -0.3 is 0 Å². The second-order valence-corrected chi connectivity index (χ2v) is 34.5. The van der Waals surface area contributed by atoms with Crippen molar-refractivity contribution in [2.75, 3.05) is 0 Å². The maximum absolute atomic E-state index is 2.43. The number of fused-ring (bicyclic) bond motifs is 1. The average Bonchev–Trinajstić information content (AvgIpc) is 4.17. The van der Waals surface area contributed by atoms with E-state index in [0.717, 1.165) is 17.8 Å². The van der Waals surface area contributed by atoms with Crippen molar-refractivity contribution in [2.24, 2.45) is 50.2 Å². The highest BCUT2D eigenvalue weighted by Gasteiger charge is 2.29. The van der Waals surface area contributed by atoms with E-state index in [-0.39, 0.29) is 5.41 Å². The first kappa shape index (κ1) is 84.2. The average molecular weight is 1170 g/mol. The molecule has 0 aromatic heterocycles. The number of benzene rings is 4. The maximum atomic E-state index is 2.43. The van der Waals surface area contributed by atoms with Crippen LogP contribution in [-0.4, -0.2) is 0 Å². The summed E-state index contributed by atoms with van der Waals surface area (Å²) >= 11 is 0. The third kappa shape index (κ3) is 39.0. The molecule has 0 bridgehead atoms. The molecule has 3 fully saturated rings. The molecular weight excluding hydrogens is 1020 g/mol. The summed E-state index contributed by atoms with van der Waals surface area (Å²) in [6, 6.07) is 36.5. The second kappa shape index (κ2) is 40.7. The van der Waals surface area contributed by atoms with E-state index in [1.54, 1.807) is 0 Å². The molecule has 4 aromatic rings. The topological polar surface area (TPSA) is 0 Å². The molecule has 0 atom stereocenters. The predicted octanol–water partition coefficient (Wildman–Crippen LogP) is 29.4. The first-order chi connectivity index (χ1) is 39.0. The Bertz CT molecular complexity index is 2150. The van der Waals surface area contributed by atoms with E-state index in [0.29, 0.717) is 43.3 Å². The molecule has 3 aliphatic carbocycles. The Morgan fingerprint density at radius 1 is 0.306 bits per heavy atom. The van der Waals surface area contributed by atoms with Crippen LogP contribution in [-0.2, 0) is 16.2 Å². The summed E-state index contributed by atoms with van der Waals surface area (Å²) in [4.78, 5) is 0.